The summed E-state index contributed by atoms with van der Waals surface area (Å²) in [7, 11) is 0. The largest absolute Gasteiger partial charge is 0.310 e. The van der Waals surface area contributed by atoms with Crippen LogP contribution in [0.1, 0.15) is 16.7 Å². The first kappa shape index (κ1) is 12.4. The van der Waals surface area contributed by atoms with Gasteiger partial charge in [0.05, 0.1) is 10.1 Å². The average molecular weight is 339 g/mol. The van der Waals surface area contributed by atoms with E-state index in [1.54, 1.807) is 4.57 Å². The number of aryl methyl sites for hydroxylation is 2. The minimum atomic E-state index is 0.0778. The highest BCUT2D eigenvalue weighted by atomic mass is 127. The Morgan fingerprint density at radius 3 is 2.76 bits per heavy atom. The molecule has 1 aromatic heterocycles. The molecule has 17 heavy (non-hydrogen) atoms. The maximum atomic E-state index is 11.9. The van der Waals surface area contributed by atoms with Crippen LogP contribution in [0.5, 0.6) is 0 Å². The second-order valence-corrected chi connectivity index (χ2v) is 5.38. The van der Waals surface area contributed by atoms with E-state index < -0.39 is 0 Å². The van der Waals surface area contributed by atoms with Gasteiger partial charge in [-0.25, -0.2) is 0 Å². The molecule has 0 atom stereocenters. The molecule has 0 aliphatic heterocycles. The summed E-state index contributed by atoms with van der Waals surface area (Å²) >= 11 is 2.07. The predicted octanol–water partition coefficient (Wildman–Crippen LogP) is 3.12. The molecule has 0 fully saturated rings. The molecule has 0 spiro atoms. The second-order valence-electron chi connectivity index (χ2n) is 4.22. The van der Waals surface area contributed by atoms with Gasteiger partial charge in [-0.15, -0.1) is 0 Å². The van der Waals surface area contributed by atoms with Crippen LogP contribution in [0.2, 0.25) is 0 Å². The van der Waals surface area contributed by atoms with Gasteiger partial charge in [-0.3, -0.25) is 4.79 Å². The molecule has 0 bridgehead atoms. The Morgan fingerprint density at radius 1 is 1.24 bits per heavy atom. The van der Waals surface area contributed by atoms with Crippen molar-refractivity contribution < 1.29 is 0 Å². The van der Waals surface area contributed by atoms with E-state index in [0.717, 1.165) is 3.57 Å². The van der Waals surface area contributed by atoms with Crippen molar-refractivity contribution in [1.29, 1.82) is 0 Å². The minimum Gasteiger partial charge on any atom is -0.310 e. The molecule has 0 radical (unpaired) electrons. The smallest absolute Gasteiger partial charge is 0.264 e. The van der Waals surface area contributed by atoms with E-state index >= 15 is 0 Å². The fraction of sp³-hybridized carbons (Fsp3) is 0.214. The molecule has 2 rings (SSSR count). The van der Waals surface area contributed by atoms with Crippen molar-refractivity contribution in [2.24, 2.45) is 0 Å². The predicted molar refractivity (Wildman–Crippen MR) is 78.4 cm³/mol. The van der Waals surface area contributed by atoms with Crippen LogP contribution >= 0.6 is 22.6 Å². The number of nitrogens with zero attached hydrogens (tertiary/aromatic N) is 1. The summed E-state index contributed by atoms with van der Waals surface area (Å²) in [6, 6.07) is 10.1. The zero-order valence-corrected chi connectivity index (χ0v) is 12.1. The summed E-state index contributed by atoms with van der Waals surface area (Å²) in [5, 5.41) is 0. The van der Waals surface area contributed by atoms with E-state index in [0.29, 0.717) is 6.54 Å². The van der Waals surface area contributed by atoms with Crippen molar-refractivity contribution in [3.8, 4) is 0 Å². The number of halogens is 1. The van der Waals surface area contributed by atoms with Crippen LogP contribution in [-0.2, 0) is 6.54 Å². The van der Waals surface area contributed by atoms with Gasteiger partial charge in [-0.1, -0.05) is 23.8 Å². The van der Waals surface area contributed by atoms with E-state index in [1.807, 2.05) is 18.3 Å². The van der Waals surface area contributed by atoms with Crippen LogP contribution in [0.25, 0.3) is 0 Å². The monoisotopic (exact) mass is 339 g/mol. The van der Waals surface area contributed by atoms with Crippen LogP contribution in [-0.4, -0.2) is 4.57 Å². The summed E-state index contributed by atoms with van der Waals surface area (Å²) in [5.74, 6) is 0. The lowest BCUT2D eigenvalue weighted by atomic mass is 10.1. The SMILES string of the molecule is Cc1ccc(C)c(Cn2cccc(I)c2=O)c1. The van der Waals surface area contributed by atoms with Crippen molar-refractivity contribution in [3.63, 3.8) is 0 Å². The first-order valence-corrected chi connectivity index (χ1v) is 6.57. The minimum absolute atomic E-state index is 0.0778. The van der Waals surface area contributed by atoms with Gasteiger partial charge < -0.3 is 4.57 Å². The second kappa shape index (κ2) is 5.04. The first-order valence-electron chi connectivity index (χ1n) is 5.49. The highest BCUT2D eigenvalue weighted by Crippen LogP contribution is 2.11. The van der Waals surface area contributed by atoms with Crippen LogP contribution < -0.4 is 5.56 Å². The number of hydrogen-bond donors (Lipinski definition) is 0. The van der Waals surface area contributed by atoms with Crippen molar-refractivity contribution in [2.45, 2.75) is 20.4 Å². The van der Waals surface area contributed by atoms with Crippen LogP contribution in [0.3, 0.4) is 0 Å². The molecule has 0 unspecified atom stereocenters. The van der Waals surface area contributed by atoms with Crippen molar-refractivity contribution in [3.05, 3.63) is 67.1 Å². The zero-order chi connectivity index (χ0) is 12.4. The Morgan fingerprint density at radius 2 is 2.00 bits per heavy atom. The van der Waals surface area contributed by atoms with Crippen LogP contribution in [0.15, 0.2) is 41.3 Å². The van der Waals surface area contributed by atoms with E-state index in [4.69, 9.17) is 0 Å². The fourth-order valence-electron chi connectivity index (χ4n) is 1.79. The van der Waals surface area contributed by atoms with Gasteiger partial charge in [0.1, 0.15) is 0 Å². The number of rotatable bonds is 2. The summed E-state index contributed by atoms with van der Waals surface area (Å²) in [6.45, 7) is 4.79. The van der Waals surface area contributed by atoms with Crippen LogP contribution in [0, 0.1) is 17.4 Å². The fourth-order valence-corrected chi connectivity index (χ4v) is 2.30. The highest BCUT2D eigenvalue weighted by molar-refractivity contribution is 14.1. The molecule has 1 aromatic carbocycles. The lowest BCUT2D eigenvalue weighted by molar-refractivity contribution is 0.750. The molecule has 1 heterocycles. The quantitative estimate of drug-likeness (QED) is 0.771. The topological polar surface area (TPSA) is 22.0 Å². The molecule has 0 saturated carbocycles. The normalized spacial score (nSPS) is 10.5. The lowest BCUT2D eigenvalue weighted by Gasteiger charge is -2.09. The molecule has 2 nitrogen and oxygen atoms in total. The summed E-state index contributed by atoms with van der Waals surface area (Å²) in [6.07, 6.45) is 1.84. The molecule has 2 aromatic rings. The Bertz CT molecular complexity index is 601. The maximum absolute atomic E-state index is 11.9. The van der Waals surface area contributed by atoms with E-state index in [-0.39, 0.29) is 5.56 Å². The van der Waals surface area contributed by atoms with Gasteiger partial charge in [0.15, 0.2) is 0 Å². The third-order valence-corrected chi connectivity index (χ3v) is 3.64. The highest BCUT2D eigenvalue weighted by Gasteiger charge is 2.03. The maximum Gasteiger partial charge on any atom is 0.264 e. The number of aromatic nitrogens is 1. The van der Waals surface area contributed by atoms with Gasteiger partial charge in [0, 0.05) is 6.20 Å². The molecule has 0 N–H and O–H groups in total. The van der Waals surface area contributed by atoms with E-state index in [2.05, 4.69) is 54.6 Å². The lowest BCUT2D eigenvalue weighted by Crippen LogP contribution is -2.22. The molecule has 0 aliphatic carbocycles. The molecule has 0 saturated heterocycles. The molecule has 0 amide bonds. The molecule has 88 valence electrons. The van der Waals surface area contributed by atoms with Crippen LogP contribution in [0.4, 0.5) is 0 Å². The summed E-state index contributed by atoms with van der Waals surface area (Å²) in [4.78, 5) is 11.9. The molecular formula is C14H14INO. The van der Waals surface area contributed by atoms with Gasteiger partial charge in [-0.05, 0) is 59.7 Å². The van der Waals surface area contributed by atoms with Gasteiger partial charge in [-0.2, -0.15) is 0 Å². The molecular weight excluding hydrogens is 325 g/mol. The van der Waals surface area contributed by atoms with Gasteiger partial charge in [0.2, 0.25) is 0 Å². The Balaban J connectivity index is 2.41. The van der Waals surface area contributed by atoms with Crippen molar-refractivity contribution >= 4 is 22.6 Å². The Labute approximate surface area is 114 Å². The summed E-state index contributed by atoms with van der Waals surface area (Å²) in [5.41, 5.74) is 3.73. The number of hydrogen-bond acceptors (Lipinski definition) is 1. The van der Waals surface area contributed by atoms with Crippen molar-refractivity contribution in [1.82, 2.24) is 4.57 Å². The first-order chi connectivity index (χ1) is 8.08. The molecule has 0 aliphatic rings. The molecule has 3 heteroatoms. The number of pyridine rings is 1. The average Bonchev–Trinajstić information content (AvgIpc) is 2.30. The zero-order valence-electron chi connectivity index (χ0n) is 9.90. The Hall–Kier alpha value is -1.10. The van der Waals surface area contributed by atoms with Crippen molar-refractivity contribution in [2.75, 3.05) is 0 Å². The van der Waals surface area contributed by atoms with E-state index in [1.165, 1.54) is 16.7 Å². The van der Waals surface area contributed by atoms with Gasteiger partial charge in [0.25, 0.3) is 5.56 Å². The number of benzene rings is 1. The standard InChI is InChI=1S/C14H14INO/c1-10-5-6-11(2)12(8-10)9-16-7-3-4-13(15)14(16)17/h3-8H,9H2,1-2H3. The third-order valence-electron chi connectivity index (χ3n) is 2.82. The van der Waals surface area contributed by atoms with Gasteiger partial charge >= 0.3 is 0 Å². The van der Waals surface area contributed by atoms with E-state index in [9.17, 15) is 4.79 Å². The Kier molecular flexibility index (Phi) is 3.66. The third kappa shape index (κ3) is 2.77. The summed E-state index contributed by atoms with van der Waals surface area (Å²) < 4.78 is 2.51.